The van der Waals surface area contributed by atoms with Crippen molar-refractivity contribution < 1.29 is 13.2 Å². The zero-order valence-corrected chi connectivity index (χ0v) is 14.3. The van der Waals surface area contributed by atoms with E-state index < -0.39 is 11.7 Å². The molecule has 0 radical (unpaired) electrons. The lowest BCUT2D eigenvalue weighted by atomic mass is 9.88. The lowest BCUT2D eigenvalue weighted by Crippen LogP contribution is -2.09. The summed E-state index contributed by atoms with van der Waals surface area (Å²) in [6, 6.07) is 3.03. The van der Waals surface area contributed by atoms with Gasteiger partial charge in [0.2, 0.25) is 0 Å². The maximum absolute atomic E-state index is 13.0. The highest BCUT2D eigenvalue weighted by Crippen LogP contribution is 2.37. The average Bonchev–Trinajstić information content (AvgIpc) is 2.42. The predicted octanol–water partition coefficient (Wildman–Crippen LogP) is 7.09. The van der Waals surface area contributed by atoms with Gasteiger partial charge in [0.05, 0.1) is 5.56 Å². The van der Waals surface area contributed by atoms with Crippen LogP contribution in [0, 0.1) is 13.8 Å². The van der Waals surface area contributed by atoms with Crippen molar-refractivity contribution in [2.45, 2.75) is 72.9 Å². The molecule has 0 atom stereocenters. The van der Waals surface area contributed by atoms with Crippen LogP contribution in [0.5, 0.6) is 0 Å². The third-order valence-electron chi connectivity index (χ3n) is 4.09. The number of aryl methyl sites for hydroxylation is 2. The Morgan fingerprint density at radius 2 is 1.45 bits per heavy atom. The van der Waals surface area contributed by atoms with Gasteiger partial charge in [-0.25, -0.2) is 0 Å². The monoisotopic (exact) mass is 312 g/mol. The normalized spacial score (nSPS) is 11.6. The van der Waals surface area contributed by atoms with Gasteiger partial charge in [0, 0.05) is 0 Å². The lowest BCUT2D eigenvalue weighted by Gasteiger charge is -2.19. The van der Waals surface area contributed by atoms with E-state index in [1.165, 1.54) is 17.2 Å². The summed E-state index contributed by atoms with van der Waals surface area (Å²) in [6.07, 6.45) is 0.766. The zero-order valence-electron chi connectivity index (χ0n) is 14.3. The fourth-order valence-corrected chi connectivity index (χ4v) is 3.11. The topological polar surface area (TPSA) is 0 Å². The summed E-state index contributed by atoms with van der Waals surface area (Å²) in [5.41, 5.74) is 4.14. The third-order valence-corrected chi connectivity index (χ3v) is 4.09. The molecule has 1 aromatic carbocycles. The molecule has 3 heteroatoms. The minimum absolute atomic E-state index is 0.311. The van der Waals surface area contributed by atoms with Crippen LogP contribution in [-0.2, 0) is 6.18 Å². The molecule has 0 unspecified atom stereocenters. The number of benzene rings is 1. The van der Waals surface area contributed by atoms with Crippen molar-refractivity contribution in [1.29, 1.82) is 0 Å². The number of rotatable bonds is 6. The summed E-state index contributed by atoms with van der Waals surface area (Å²) >= 11 is 0. The van der Waals surface area contributed by atoms with Crippen LogP contribution in [0.4, 0.5) is 13.2 Å². The Hall–Kier alpha value is -1.25. The van der Waals surface area contributed by atoms with Crippen molar-refractivity contribution >= 4 is 5.57 Å². The zero-order chi connectivity index (χ0) is 16.9. The molecule has 0 aromatic heterocycles. The molecule has 124 valence electrons. The van der Waals surface area contributed by atoms with Gasteiger partial charge in [-0.3, -0.25) is 0 Å². The van der Waals surface area contributed by atoms with Crippen molar-refractivity contribution in [3.8, 4) is 0 Å². The third kappa shape index (κ3) is 4.37. The first-order chi connectivity index (χ1) is 10.3. The van der Waals surface area contributed by atoms with Crippen LogP contribution < -0.4 is 0 Å². The first-order valence-electron chi connectivity index (χ1n) is 8.15. The molecular formula is C19H27F3. The van der Waals surface area contributed by atoms with Crippen LogP contribution in [0.3, 0.4) is 0 Å². The molecule has 0 heterocycles. The standard InChI is InChI=1S/C19H27F3/c1-6-9-15(10-7-2)16(8-3)17-11-14(5)18(12-13(17)4)19(20,21)22/h11-12H,6-10H2,1-5H3. The van der Waals surface area contributed by atoms with Gasteiger partial charge in [0.15, 0.2) is 0 Å². The number of alkyl halides is 3. The molecule has 0 bridgehead atoms. The Kier molecular flexibility index (Phi) is 6.70. The highest BCUT2D eigenvalue weighted by atomic mass is 19.4. The summed E-state index contributed by atoms with van der Waals surface area (Å²) in [5.74, 6) is 0. The van der Waals surface area contributed by atoms with E-state index in [1.807, 2.05) is 0 Å². The van der Waals surface area contributed by atoms with Crippen LogP contribution in [0.25, 0.3) is 5.57 Å². The molecule has 0 saturated carbocycles. The van der Waals surface area contributed by atoms with Crippen molar-refractivity contribution in [2.75, 3.05) is 0 Å². The highest BCUT2D eigenvalue weighted by molar-refractivity contribution is 5.72. The molecule has 0 aliphatic heterocycles. The smallest absolute Gasteiger partial charge is 0.166 e. The van der Waals surface area contributed by atoms with Gasteiger partial charge in [-0.05, 0) is 61.4 Å². The Morgan fingerprint density at radius 1 is 0.909 bits per heavy atom. The molecule has 0 fully saturated rings. The van der Waals surface area contributed by atoms with Crippen LogP contribution in [0.1, 0.15) is 75.1 Å². The summed E-state index contributed by atoms with van der Waals surface area (Å²) in [5, 5.41) is 0. The molecule has 22 heavy (non-hydrogen) atoms. The maximum atomic E-state index is 13.0. The van der Waals surface area contributed by atoms with Crippen molar-refractivity contribution in [3.63, 3.8) is 0 Å². The van der Waals surface area contributed by atoms with Crippen LogP contribution in [0.2, 0.25) is 0 Å². The second-order valence-electron chi connectivity index (χ2n) is 5.92. The first kappa shape index (κ1) is 18.8. The first-order valence-corrected chi connectivity index (χ1v) is 8.15. The van der Waals surface area contributed by atoms with E-state index in [-0.39, 0.29) is 0 Å². The molecule has 0 N–H and O–H groups in total. The largest absolute Gasteiger partial charge is 0.416 e. The van der Waals surface area contributed by atoms with E-state index in [4.69, 9.17) is 0 Å². The lowest BCUT2D eigenvalue weighted by molar-refractivity contribution is -0.138. The molecule has 0 amide bonds. The van der Waals surface area contributed by atoms with E-state index >= 15 is 0 Å². The summed E-state index contributed by atoms with van der Waals surface area (Å²) in [6.45, 7) is 9.72. The van der Waals surface area contributed by atoms with Crippen molar-refractivity contribution in [1.82, 2.24) is 0 Å². The Labute approximate surface area is 132 Å². The Bertz CT molecular complexity index is 528. The molecule has 0 aliphatic rings. The van der Waals surface area contributed by atoms with Crippen LogP contribution >= 0.6 is 0 Å². The fourth-order valence-electron chi connectivity index (χ4n) is 3.11. The van der Waals surface area contributed by atoms with Crippen molar-refractivity contribution in [3.05, 3.63) is 40.0 Å². The number of halogens is 3. The summed E-state index contributed by atoms with van der Waals surface area (Å²) < 4.78 is 39.1. The quantitative estimate of drug-likeness (QED) is 0.526. The summed E-state index contributed by atoms with van der Waals surface area (Å²) in [7, 11) is 0. The molecule has 0 saturated heterocycles. The van der Waals surface area contributed by atoms with E-state index in [9.17, 15) is 13.2 Å². The van der Waals surface area contributed by atoms with E-state index in [2.05, 4.69) is 20.8 Å². The second-order valence-corrected chi connectivity index (χ2v) is 5.92. The summed E-state index contributed by atoms with van der Waals surface area (Å²) in [4.78, 5) is 0. The van der Waals surface area contributed by atoms with E-state index in [0.29, 0.717) is 5.56 Å². The van der Waals surface area contributed by atoms with E-state index in [1.54, 1.807) is 19.9 Å². The molecule has 0 aliphatic carbocycles. The molecule has 1 rings (SSSR count). The Balaban J connectivity index is 3.46. The maximum Gasteiger partial charge on any atom is 0.416 e. The van der Waals surface area contributed by atoms with Gasteiger partial charge in [-0.15, -0.1) is 0 Å². The van der Waals surface area contributed by atoms with Gasteiger partial charge in [-0.2, -0.15) is 13.2 Å². The number of hydrogen-bond acceptors (Lipinski definition) is 0. The number of hydrogen-bond donors (Lipinski definition) is 0. The van der Waals surface area contributed by atoms with Gasteiger partial charge in [0.25, 0.3) is 0 Å². The van der Waals surface area contributed by atoms with Gasteiger partial charge in [0.1, 0.15) is 0 Å². The average molecular weight is 312 g/mol. The molecular weight excluding hydrogens is 285 g/mol. The molecule has 0 nitrogen and oxygen atoms in total. The fraction of sp³-hybridized carbons (Fsp3) is 0.579. The molecule has 0 spiro atoms. The minimum atomic E-state index is -4.28. The predicted molar refractivity (Wildman–Crippen MR) is 87.9 cm³/mol. The second kappa shape index (κ2) is 7.85. The van der Waals surface area contributed by atoms with E-state index in [0.717, 1.165) is 43.2 Å². The van der Waals surface area contributed by atoms with Crippen LogP contribution in [0.15, 0.2) is 17.7 Å². The SMILES string of the molecule is CCCC(CCC)=C(CC)c1cc(C)c(C(F)(F)F)cc1C. The Morgan fingerprint density at radius 3 is 1.86 bits per heavy atom. The minimum Gasteiger partial charge on any atom is -0.166 e. The van der Waals surface area contributed by atoms with Gasteiger partial charge < -0.3 is 0 Å². The van der Waals surface area contributed by atoms with Gasteiger partial charge in [-0.1, -0.05) is 45.3 Å². The van der Waals surface area contributed by atoms with Crippen LogP contribution in [-0.4, -0.2) is 0 Å². The van der Waals surface area contributed by atoms with Crippen molar-refractivity contribution in [2.24, 2.45) is 0 Å². The van der Waals surface area contributed by atoms with Gasteiger partial charge >= 0.3 is 6.18 Å². The number of allylic oxidation sites excluding steroid dienone is 2. The molecule has 1 aromatic rings. The highest BCUT2D eigenvalue weighted by Gasteiger charge is 2.33.